The Hall–Kier alpha value is -2.29. The zero-order chi connectivity index (χ0) is 50.8. The highest BCUT2D eigenvalue weighted by molar-refractivity contribution is 7.47. The summed E-state index contributed by atoms with van der Waals surface area (Å²) in [5.74, 6) is -0.548. The SMILES string of the molecule is CCCCC/C=C\C/C=C\C/C=C\CCCCCCC(=O)NC(COP(=O)(O)OCC[N+](C)(C)C)C(/C=C\CCCCCCCCCCCCC)OC(=O)CCCCC/C=C\CCCCCCCC. The first-order valence-corrected chi connectivity index (χ1v) is 30.1. The molecule has 0 saturated heterocycles. The van der Waals surface area contributed by atoms with Gasteiger partial charge >= 0.3 is 13.8 Å². The first-order valence-electron chi connectivity index (χ1n) is 28.6. The lowest BCUT2D eigenvalue weighted by atomic mass is 10.0. The van der Waals surface area contributed by atoms with Crippen LogP contribution in [0.1, 0.15) is 252 Å². The highest BCUT2D eigenvalue weighted by Crippen LogP contribution is 2.43. The van der Waals surface area contributed by atoms with Crippen molar-refractivity contribution in [2.24, 2.45) is 0 Å². The van der Waals surface area contributed by atoms with E-state index in [9.17, 15) is 19.0 Å². The predicted octanol–water partition coefficient (Wildman–Crippen LogP) is 17.1. The Kier molecular flexibility index (Phi) is 47.7. The van der Waals surface area contributed by atoms with E-state index >= 15 is 0 Å². The Balaban J connectivity index is 5.44. The smallest absolute Gasteiger partial charge is 0.456 e. The molecule has 402 valence electrons. The maximum absolute atomic E-state index is 13.5. The van der Waals surface area contributed by atoms with Crippen LogP contribution in [0.25, 0.3) is 0 Å². The number of hydrogen-bond acceptors (Lipinski definition) is 6. The number of nitrogens with one attached hydrogen (secondary N) is 1. The van der Waals surface area contributed by atoms with Gasteiger partial charge in [0, 0.05) is 12.8 Å². The maximum Gasteiger partial charge on any atom is 0.472 e. The topological polar surface area (TPSA) is 111 Å². The fraction of sp³-hybridized carbons (Fsp3) is 0.797. The van der Waals surface area contributed by atoms with Crippen molar-refractivity contribution in [2.45, 2.75) is 264 Å². The van der Waals surface area contributed by atoms with Crippen molar-refractivity contribution in [1.29, 1.82) is 0 Å². The van der Waals surface area contributed by atoms with Crippen LogP contribution in [-0.2, 0) is 27.9 Å². The van der Waals surface area contributed by atoms with E-state index in [0.29, 0.717) is 23.9 Å². The van der Waals surface area contributed by atoms with Crippen molar-refractivity contribution in [3.8, 4) is 0 Å². The number of allylic oxidation sites excluding steroid dienone is 9. The summed E-state index contributed by atoms with van der Waals surface area (Å²) in [5.41, 5.74) is 0. The third-order valence-electron chi connectivity index (χ3n) is 12.4. The standard InChI is InChI=1S/C59H109N2O7P/c1-7-10-13-16-19-22-25-28-29-30-31-34-36-39-42-45-48-51-58(62)60-56(55-67-69(64,65)66-54-53-61(4,5)6)57(50-47-44-41-38-35-32-26-23-20-17-14-11-8-2)68-59(63)52-49-46-43-40-37-33-27-24-21-18-15-12-9-3/h19,22,28-29,31,33-34,37,47,50,56-57H,7-18,20-21,23-27,30,32,35-36,38-46,48-49,51-55H2,1-6H3,(H-,60,62,64,65)/p+1/b22-19-,29-28-,34-31-,37-33-,50-47-. The maximum atomic E-state index is 13.5. The van der Waals surface area contributed by atoms with E-state index < -0.39 is 20.0 Å². The molecule has 0 rings (SSSR count). The van der Waals surface area contributed by atoms with Crippen LogP contribution in [0.3, 0.4) is 0 Å². The molecule has 1 amide bonds. The Morgan fingerprint density at radius 3 is 1.38 bits per heavy atom. The minimum absolute atomic E-state index is 0.0322. The second kappa shape index (κ2) is 49.3. The number of hydrogen-bond donors (Lipinski definition) is 2. The third kappa shape index (κ3) is 50.4. The van der Waals surface area contributed by atoms with Gasteiger partial charge in [0.1, 0.15) is 19.3 Å². The lowest BCUT2D eigenvalue weighted by molar-refractivity contribution is -0.870. The van der Waals surface area contributed by atoms with Gasteiger partial charge in [0.2, 0.25) is 5.91 Å². The van der Waals surface area contributed by atoms with Gasteiger partial charge in [-0.1, -0.05) is 204 Å². The molecule has 0 bridgehead atoms. The molecular weight excluding hydrogens is 880 g/mol. The van der Waals surface area contributed by atoms with Crippen LogP contribution in [0.2, 0.25) is 0 Å². The first kappa shape index (κ1) is 66.7. The molecule has 0 aliphatic heterocycles. The average Bonchev–Trinajstić information content (AvgIpc) is 3.31. The Morgan fingerprint density at radius 1 is 0.507 bits per heavy atom. The summed E-state index contributed by atoms with van der Waals surface area (Å²) < 4.78 is 30.6. The van der Waals surface area contributed by atoms with Crippen molar-refractivity contribution in [3.63, 3.8) is 0 Å². The van der Waals surface area contributed by atoms with Crippen molar-refractivity contribution in [1.82, 2.24) is 5.32 Å². The molecule has 3 atom stereocenters. The number of rotatable bonds is 51. The van der Waals surface area contributed by atoms with Gasteiger partial charge in [-0.3, -0.25) is 18.6 Å². The van der Waals surface area contributed by atoms with Gasteiger partial charge < -0.3 is 19.4 Å². The van der Waals surface area contributed by atoms with Crippen molar-refractivity contribution >= 4 is 19.7 Å². The van der Waals surface area contributed by atoms with Gasteiger partial charge in [0.15, 0.2) is 0 Å². The largest absolute Gasteiger partial charge is 0.472 e. The van der Waals surface area contributed by atoms with E-state index in [1.807, 2.05) is 33.3 Å². The van der Waals surface area contributed by atoms with Gasteiger partial charge in [0.05, 0.1) is 33.8 Å². The van der Waals surface area contributed by atoms with E-state index in [1.54, 1.807) is 0 Å². The first-order chi connectivity index (χ1) is 33.4. The average molecular weight is 991 g/mol. The normalized spacial score (nSPS) is 14.2. The molecule has 0 aromatic carbocycles. The number of carbonyl (C=O) groups is 2. The summed E-state index contributed by atoms with van der Waals surface area (Å²) in [7, 11) is 1.47. The molecule has 2 N–H and O–H groups in total. The molecule has 9 nitrogen and oxygen atoms in total. The Labute approximate surface area is 426 Å². The van der Waals surface area contributed by atoms with E-state index in [4.69, 9.17) is 13.8 Å². The number of likely N-dealkylation sites (N-methyl/N-ethyl adjacent to an activating group) is 1. The minimum atomic E-state index is -4.45. The van der Waals surface area contributed by atoms with Gasteiger partial charge in [-0.15, -0.1) is 0 Å². The van der Waals surface area contributed by atoms with Crippen LogP contribution >= 0.6 is 7.82 Å². The number of phosphoric ester groups is 1. The van der Waals surface area contributed by atoms with Gasteiger partial charge in [-0.2, -0.15) is 0 Å². The molecule has 0 aromatic rings. The highest BCUT2D eigenvalue weighted by atomic mass is 31.2. The zero-order valence-corrected chi connectivity index (χ0v) is 46.7. The highest BCUT2D eigenvalue weighted by Gasteiger charge is 2.30. The molecule has 0 aliphatic rings. The van der Waals surface area contributed by atoms with E-state index in [0.717, 1.165) is 89.9 Å². The summed E-state index contributed by atoms with van der Waals surface area (Å²) in [4.78, 5) is 37.5. The predicted molar refractivity (Wildman–Crippen MR) is 295 cm³/mol. The lowest BCUT2D eigenvalue weighted by Crippen LogP contribution is -2.47. The van der Waals surface area contributed by atoms with Crippen LogP contribution in [0.15, 0.2) is 60.8 Å². The second-order valence-corrected chi connectivity index (χ2v) is 21.9. The summed E-state index contributed by atoms with van der Waals surface area (Å²) in [6, 6.07) is -0.865. The third-order valence-corrected chi connectivity index (χ3v) is 13.4. The number of unbranched alkanes of at least 4 members (excludes halogenated alkanes) is 27. The van der Waals surface area contributed by atoms with Crippen LogP contribution in [0.5, 0.6) is 0 Å². The van der Waals surface area contributed by atoms with Crippen molar-refractivity contribution in [2.75, 3.05) is 40.9 Å². The minimum Gasteiger partial charge on any atom is -0.456 e. The summed E-state index contributed by atoms with van der Waals surface area (Å²) in [5, 5.41) is 3.03. The second-order valence-electron chi connectivity index (χ2n) is 20.5. The van der Waals surface area contributed by atoms with Crippen LogP contribution in [0, 0.1) is 0 Å². The molecule has 10 heteroatoms. The fourth-order valence-corrected chi connectivity index (χ4v) is 8.68. The Morgan fingerprint density at radius 2 is 0.884 bits per heavy atom. The molecule has 0 aliphatic carbocycles. The van der Waals surface area contributed by atoms with Crippen molar-refractivity contribution in [3.05, 3.63) is 60.8 Å². The molecule has 69 heavy (non-hydrogen) atoms. The number of esters is 1. The monoisotopic (exact) mass is 990 g/mol. The molecule has 0 spiro atoms. The van der Waals surface area contributed by atoms with Crippen LogP contribution < -0.4 is 5.32 Å². The number of quaternary nitrogens is 1. The van der Waals surface area contributed by atoms with E-state index in [-0.39, 0.29) is 31.5 Å². The summed E-state index contributed by atoms with van der Waals surface area (Å²) >= 11 is 0. The molecule has 3 unspecified atom stereocenters. The molecule has 0 aromatic heterocycles. The lowest BCUT2D eigenvalue weighted by Gasteiger charge is -2.27. The van der Waals surface area contributed by atoms with Crippen LogP contribution in [0.4, 0.5) is 0 Å². The summed E-state index contributed by atoms with van der Waals surface area (Å²) in [6.45, 7) is 6.95. The zero-order valence-electron chi connectivity index (χ0n) is 45.8. The van der Waals surface area contributed by atoms with Gasteiger partial charge in [-0.05, 0) is 96.0 Å². The van der Waals surface area contributed by atoms with Crippen molar-refractivity contribution < 1.29 is 37.3 Å². The van der Waals surface area contributed by atoms with Gasteiger partial charge in [0.25, 0.3) is 0 Å². The molecular formula is C59H110N2O7P+. The Bertz CT molecular complexity index is 1370. The number of ether oxygens (including phenoxy) is 1. The number of nitrogens with zero attached hydrogens (tertiary/aromatic N) is 1. The van der Waals surface area contributed by atoms with Crippen LogP contribution in [-0.4, -0.2) is 74.3 Å². The molecule has 0 radical (unpaired) electrons. The van der Waals surface area contributed by atoms with Gasteiger partial charge in [-0.25, -0.2) is 4.57 Å². The van der Waals surface area contributed by atoms with E-state index in [2.05, 4.69) is 74.7 Å². The number of phosphoric acid groups is 1. The summed E-state index contributed by atoms with van der Waals surface area (Å²) in [6.07, 6.45) is 60.7. The molecule has 0 fully saturated rings. The quantitative estimate of drug-likeness (QED) is 0.0205. The van der Waals surface area contributed by atoms with E-state index in [1.165, 1.54) is 122 Å². The number of amides is 1. The molecule has 0 saturated carbocycles. The number of carbonyl (C=O) groups excluding carboxylic acids is 2. The molecule has 0 heterocycles. The fourth-order valence-electron chi connectivity index (χ4n) is 7.94.